The molecule has 204 valence electrons. The van der Waals surface area contributed by atoms with Crippen molar-refractivity contribution >= 4 is 17.9 Å². The molecule has 0 aliphatic rings. The molecule has 0 spiro atoms. The highest BCUT2D eigenvalue weighted by molar-refractivity contribution is 5.66. The number of allylic oxidation sites excluding steroid dienone is 1. The van der Waals surface area contributed by atoms with E-state index in [1.807, 2.05) is 0 Å². The maximum absolute atomic E-state index is 10.9. The molecule has 2 N–H and O–H groups in total. The van der Waals surface area contributed by atoms with Gasteiger partial charge in [-0.1, -0.05) is 57.9 Å². The lowest BCUT2D eigenvalue weighted by Crippen LogP contribution is -2.50. The third kappa shape index (κ3) is 22.3. The van der Waals surface area contributed by atoms with Crippen LogP contribution in [0.1, 0.15) is 122 Å². The number of hydrogen-bond acceptors (Lipinski definition) is 4. The Morgan fingerprint density at radius 3 is 1.54 bits per heavy atom. The molecule has 0 fully saturated rings. The number of quaternary nitrogens is 1. The minimum atomic E-state index is -1.03. The molecule has 0 aliphatic heterocycles. The van der Waals surface area contributed by atoms with Crippen molar-refractivity contribution in [3.8, 4) is 0 Å². The Morgan fingerprint density at radius 1 is 0.629 bits per heavy atom. The molecule has 0 atom stereocenters. The maximum atomic E-state index is 10.9. The number of rotatable bonds is 26. The molecule has 0 aliphatic carbocycles. The van der Waals surface area contributed by atoms with Crippen molar-refractivity contribution in [1.29, 1.82) is 0 Å². The number of unbranched alkanes of at least 4 members (excludes halogenated alkanes) is 11. The molecule has 0 radical (unpaired) electrons. The highest BCUT2D eigenvalue weighted by atomic mass is 16.4. The largest absolute Gasteiger partial charge is 0.550 e. The number of carboxylic acids is 3. The number of nitrogens with zero attached hydrogens (tertiary/aromatic N) is 1. The predicted molar refractivity (Wildman–Crippen MR) is 138 cm³/mol. The molecule has 7 heteroatoms. The summed E-state index contributed by atoms with van der Waals surface area (Å²) in [6, 6.07) is 0. The van der Waals surface area contributed by atoms with Gasteiger partial charge in [0.15, 0.2) is 0 Å². The summed E-state index contributed by atoms with van der Waals surface area (Å²) in [5.74, 6) is -2.61. The molecule has 0 amide bonds. The fourth-order valence-electron chi connectivity index (χ4n) is 4.58. The van der Waals surface area contributed by atoms with Gasteiger partial charge in [0.2, 0.25) is 0 Å². The van der Waals surface area contributed by atoms with Gasteiger partial charge in [-0.15, -0.1) is 0 Å². The first-order chi connectivity index (χ1) is 16.8. The summed E-state index contributed by atoms with van der Waals surface area (Å²) in [6.07, 6.45) is 20.4. The van der Waals surface area contributed by atoms with Gasteiger partial charge in [-0.25, -0.2) is 0 Å². The van der Waals surface area contributed by atoms with Gasteiger partial charge in [0.05, 0.1) is 26.2 Å². The van der Waals surface area contributed by atoms with Crippen molar-refractivity contribution in [2.24, 2.45) is 0 Å². The summed E-state index contributed by atoms with van der Waals surface area (Å²) in [7, 11) is 0. The number of aliphatic carboxylic acids is 3. The van der Waals surface area contributed by atoms with Crippen LogP contribution in [0.2, 0.25) is 0 Å². The Balaban J connectivity index is 4.81. The van der Waals surface area contributed by atoms with Crippen molar-refractivity contribution < 1.29 is 34.2 Å². The third-order valence-corrected chi connectivity index (χ3v) is 6.69. The van der Waals surface area contributed by atoms with E-state index in [1.54, 1.807) is 0 Å². The summed E-state index contributed by atoms with van der Waals surface area (Å²) in [6.45, 7) is 5.53. The first-order valence-corrected chi connectivity index (χ1v) is 13.9. The van der Waals surface area contributed by atoms with E-state index in [-0.39, 0.29) is 19.3 Å². The average molecular weight is 498 g/mol. The second kappa shape index (κ2) is 22.6. The summed E-state index contributed by atoms with van der Waals surface area (Å²) in [4.78, 5) is 32.7. The molecule has 0 heterocycles. The SMILES string of the molecule is CCCCCCCCCC/C=C/C[N+](CCCCC(=O)[O-])(CCCCC(=O)O)CCCCC(=O)O. The van der Waals surface area contributed by atoms with Crippen LogP contribution in [0.25, 0.3) is 0 Å². The lowest BCUT2D eigenvalue weighted by atomic mass is 10.1. The average Bonchev–Trinajstić information content (AvgIpc) is 2.80. The Labute approximate surface area is 213 Å². The van der Waals surface area contributed by atoms with Crippen molar-refractivity contribution in [3.05, 3.63) is 12.2 Å². The summed E-state index contributed by atoms with van der Waals surface area (Å²) < 4.78 is 0.764. The molecule has 7 nitrogen and oxygen atoms in total. The smallest absolute Gasteiger partial charge is 0.303 e. The molecular weight excluding hydrogens is 446 g/mol. The highest BCUT2D eigenvalue weighted by Crippen LogP contribution is 2.17. The van der Waals surface area contributed by atoms with Crippen LogP contribution < -0.4 is 5.11 Å². The van der Waals surface area contributed by atoms with Crippen LogP contribution in [-0.4, -0.2) is 58.8 Å². The van der Waals surface area contributed by atoms with E-state index in [1.165, 1.54) is 51.4 Å². The number of hydrogen-bond donors (Lipinski definition) is 2. The minimum Gasteiger partial charge on any atom is -0.550 e. The first kappa shape index (κ1) is 33.1. The summed E-state index contributed by atoms with van der Waals surface area (Å²) in [5.41, 5.74) is 0. The Hall–Kier alpha value is -1.89. The number of carbonyl (C=O) groups is 3. The van der Waals surface area contributed by atoms with Crippen LogP contribution in [0.3, 0.4) is 0 Å². The van der Waals surface area contributed by atoms with E-state index in [2.05, 4.69) is 19.1 Å². The first-order valence-electron chi connectivity index (χ1n) is 13.9. The summed E-state index contributed by atoms with van der Waals surface area (Å²) in [5, 5.41) is 28.8. The standard InChI is InChI=1S/C28H51NO6/c1-2-3-4-5-6-7-8-9-10-11-15-22-29(23-16-12-19-26(30)31,24-17-13-20-27(32)33)25-18-14-21-28(34)35/h11,15H,2-10,12-14,16-25H2,1H3,(H2-,30,31,32,33,34,35)/b15-11+. The second-order valence-corrected chi connectivity index (χ2v) is 9.96. The van der Waals surface area contributed by atoms with Gasteiger partial charge >= 0.3 is 11.9 Å². The van der Waals surface area contributed by atoms with Crippen molar-refractivity contribution in [3.63, 3.8) is 0 Å². The van der Waals surface area contributed by atoms with Gasteiger partial charge in [0, 0.05) is 18.8 Å². The van der Waals surface area contributed by atoms with E-state index < -0.39 is 17.9 Å². The van der Waals surface area contributed by atoms with E-state index in [0.717, 1.165) is 56.3 Å². The highest BCUT2D eigenvalue weighted by Gasteiger charge is 2.25. The van der Waals surface area contributed by atoms with Gasteiger partial charge in [-0.3, -0.25) is 9.59 Å². The minimum absolute atomic E-state index is 0.0479. The van der Waals surface area contributed by atoms with Crippen LogP contribution >= 0.6 is 0 Å². The van der Waals surface area contributed by atoms with Crippen LogP contribution in [0.5, 0.6) is 0 Å². The maximum Gasteiger partial charge on any atom is 0.303 e. The number of carbonyl (C=O) groups excluding carboxylic acids is 1. The van der Waals surface area contributed by atoms with Gasteiger partial charge in [-0.2, -0.15) is 0 Å². The zero-order valence-corrected chi connectivity index (χ0v) is 22.2. The number of carboxylic acid groups (broad SMARTS) is 3. The zero-order chi connectivity index (χ0) is 26.2. The zero-order valence-electron chi connectivity index (χ0n) is 22.2. The van der Waals surface area contributed by atoms with Gasteiger partial charge in [-0.05, 0) is 63.9 Å². The molecule has 0 bridgehead atoms. The fraction of sp³-hybridized carbons (Fsp3) is 0.821. The van der Waals surface area contributed by atoms with E-state index in [9.17, 15) is 19.5 Å². The van der Waals surface area contributed by atoms with E-state index in [4.69, 9.17) is 10.2 Å². The molecule has 0 unspecified atom stereocenters. The molecule has 0 aromatic carbocycles. The normalized spacial score (nSPS) is 11.8. The molecular formula is C28H51NO6. The van der Waals surface area contributed by atoms with Gasteiger partial charge < -0.3 is 24.6 Å². The fourth-order valence-corrected chi connectivity index (χ4v) is 4.58. The van der Waals surface area contributed by atoms with Crippen molar-refractivity contribution in [2.75, 3.05) is 26.2 Å². The third-order valence-electron chi connectivity index (χ3n) is 6.69. The summed E-state index contributed by atoms with van der Waals surface area (Å²) >= 11 is 0. The molecule has 0 aromatic rings. The van der Waals surface area contributed by atoms with Crippen LogP contribution in [0.4, 0.5) is 0 Å². The van der Waals surface area contributed by atoms with Crippen LogP contribution in [0, 0.1) is 0 Å². The molecule has 0 saturated heterocycles. The molecule has 35 heavy (non-hydrogen) atoms. The van der Waals surface area contributed by atoms with Crippen LogP contribution in [0.15, 0.2) is 12.2 Å². The van der Waals surface area contributed by atoms with Gasteiger partial charge in [0.25, 0.3) is 0 Å². The van der Waals surface area contributed by atoms with Gasteiger partial charge in [0.1, 0.15) is 0 Å². The van der Waals surface area contributed by atoms with Crippen molar-refractivity contribution in [2.45, 2.75) is 122 Å². The predicted octanol–water partition coefficient (Wildman–Crippen LogP) is 5.32. The molecule has 0 aromatic heterocycles. The molecule has 0 saturated carbocycles. The van der Waals surface area contributed by atoms with Crippen molar-refractivity contribution in [1.82, 2.24) is 0 Å². The quantitative estimate of drug-likeness (QED) is 0.0949. The molecule has 0 rings (SSSR count). The topological polar surface area (TPSA) is 115 Å². The Morgan fingerprint density at radius 2 is 1.09 bits per heavy atom. The lowest BCUT2D eigenvalue weighted by molar-refractivity contribution is -0.923. The Kier molecular flexibility index (Phi) is 21.3. The van der Waals surface area contributed by atoms with E-state index >= 15 is 0 Å². The monoisotopic (exact) mass is 497 g/mol. The second-order valence-electron chi connectivity index (χ2n) is 9.96. The van der Waals surface area contributed by atoms with E-state index in [0.29, 0.717) is 19.3 Å². The lowest BCUT2D eigenvalue weighted by Gasteiger charge is -2.38. The van der Waals surface area contributed by atoms with Crippen LogP contribution in [-0.2, 0) is 14.4 Å². The Bertz CT molecular complexity index is 535.